The second-order valence-electron chi connectivity index (χ2n) is 8.73. The molecule has 7 rings (SSSR count). The van der Waals surface area contributed by atoms with E-state index >= 15 is 0 Å². The van der Waals surface area contributed by atoms with Crippen LogP contribution in [-0.4, -0.2) is 22.9 Å². The number of carboxylic acids is 1. The van der Waals surface area contributed by atoms with E-state index in [4.69, 9.17) is 0 Å². The number of carbonyl (C=O) groups is 3. The first kappa shape index (κ1) is 18.1. The molecule has 0 aromatic heterocycles. The lowest BCUT2D eigenvalue weighted by Gasteiger charge is -2.52. The fourth-order valence-corrected chi connectivity index (χ4v) is 6.18. The highest BCUT2D eigenvalue weighted by Gasteiger charge is 2.66. The summed E-state index contributed by atoms with van der Waals surface area (Å²) in [5, 5.41) is 9.37. The lowest BCUT2D eigenvalue weighted by atomic mass is 9.48. The minimum atomic E-state index is -1.09. The Balaban J connectivity index is 1.58. The van der Waals surface area contributed by atoms with E-state index in [1.54, 1.807) is 12.1 Å². The van der Waals surface area contributed by atoms with Gasteiger partial charge in [-0.3, -0.25) is 9.59 Å². The summed E-state index contributed by atoms with van der Waals surface area (Å²) in [7, 11) is 0. The summed E-state index contributed by atoms with van der Waals surface area (Å²) in [6.07, 6.45) is 0. The Kier molecular flexibility index (Phi) is 3.45. The SMILES string of the molecule is CC12c3ccccc3C(c3ccccc31)[C@@H]1C(=O)N(c3cccc(C(=O)O)c3)C(=O)[C@H]12. The van der Waals surface area contributed by atoms with Crippen molar-refractivity contribution in [1.29, 1.82) is 0 Å². The van der Waals surface area contributed by atoms with Crippen LogP contribution in [0.4, 0.5) is 5.69 Å². The molecule has 3 aromatic rings. The number of hydrogen-bond donors (Lipinski definition) is 1. The molecule has 31 heavy (non-hydrogen) atoms. The molecule has 2 atom stereocenters. The molecule has 0 unspecified atom stereocenters. The molecule has 2 amide bonds. The Labute approximate surface area is 178 Å². The molecule has 2 bridgehead atoms. The number of rotatable bonds is 2. The third-order valence-electron chi connectivity index (χ3n) is 7.39. The van der Waals surface area contributed by atoms with Gasteiger partial charge < -0.3 is 5.11 Å². The van der Waals surface area contributed by atoms with Crippen LogP contribution in [0.25, 0.3) is 0 Å². The summed E-state index contributed by atoms with van der Waals surface area (Å²) in [6.45, 7) is 2.07. The van der Waals surface area contributed by atoms with Crippen LogP contribution < -0.4 is 4.90 Å². The number of nitrogens with zero attached hydrogens (tertiary/aromatic N) is 1. The third kappa shape index (κ3) is 2.08. The minimum absolute atomic E-state index is 0.0497. The quantitative estimate of drug-likeness (QED) is 0.651. The van der Waals surface area contributed by atoms with Crippen LogP contribution in [0.3, 0.4) is 0 Å². The maximum Gasteiger partial charge on any atom is 0.335 e. The molecule has 1 N–H and O–H groups in total. The van der Waals surface area contributed by atoms with Gasteiger partial charge in [-0.15, -0.1) is 0 Å². The molecule has 152 valence electrons. The van der Waals surface area contributed by atoms with Gasteiger partial charge in [-0.25, -0.2) is 9.69 Å². The second kappa shape index (κ2) is 5.91. The van der Waals surface area contributed by atoms with Crippen molar-refractivity contribution >= 4 is 23.5 Å². The van der Waals surface area contributed by atoms with Crippen LogP contribution in [0.5, 0.6) is 0 Å². The first-order valence-electron chi connectivity index (χ1n) is 10.3. The van der Waals surface area contributed by atoms with Crippen LogP contribution in [-0.2, 0) is 15.0 Å². The first-order chi connectivity index (χ1) is 14.9. The monoisotopic (exact) mass is 409 g/mol. The van der Waals surface area contributed by atoms with Gasteiger partial charge in [-0.05, 0) is 40.5 Å². The maximum absolute atomic E-state index is 13.8. The summed E-state index contributed by atoms with van der Waals surface area (Å²) < 4.78 is 0. The maximum atomic E-state index is 13.8. The number of carbonyl (C=O) groups excluding carboxylic acids is 2. The Morgan fingerprint density at radius 1 is 0.871 bits per heavy atom. The predicted octanol–water partition coefficient (Wildman–Crippen LogP) is 3.96. The Morgan fingerprint density at radius 3 is 2.10 bits per heavy atom. The van der Waals surface area contributed by atoms with Gasteiger partial charge in [0.15, 0.2) is 0 Å². The van der Waals surface area contributed by atoms with E-state index in [1.165, 1.54) is 17.0 Å². The van der Waals surface area contributed by atoms with Gasteiger partial charge in [0.05, 0.1) is 23.1 Å². The van der Waals surface area contributed by atoms with E-state index in [9.17, 15) is 19.5 Å². The van der Waals surface area contributed by atoms with E-state index in [2.05, 4.69) is 31.2 Å². The highest BCUT2D eigenvalue weighted by atomic mass is 16.4. The fraction of sp³-hybridized carbons (Fsp3) is 0.192. The van der Waals surface area contributed by atoms with Crippen molar-refractivity contribution < 1.29 is 19.5 Å². The van der Waals surface area contributed by atoms with E-state index in [-0.39, 0.29) is 23.3 Å². The van der Waals surface area contributed by atoms with Crippen LogP contribution in [0.2, 0.25) is 0 Å². The number of benzene rings is 3. The molecule has 1 aliphatic heterocycles. The summed E-state index contributed by atoms with van der Waals surface area (Å²) in [6, 6.07) is 22.3. The van der Waals surface area contributed by atoms with E-state index in [0.29, 0.717) is 5.69 Å². The second-order valence-corrected chi connectivity index (χ2v) is 8.73. The Bertz CT molecular complexity index is 1260. The largest absolute Gasteiger partial charge is 0.478 e. The summed E-state index contributed by atoms with van der Waals surface area (Å²) >= 11 is 0. The molecule has 1 fully saturated rings. The number of aromatic carboxylic acids is 1. The molecule has 1 saturated heterocycles. The van der Waals surface area contributed by atoms with Crippen molar-refractivity contribution in [3.63, 3.8) is 0 Å². The van der Waals surface area contributed by atoms with E-state index < -0.39 is 23.2 Å². The minimum Gasteiger partial charge on any atom is -0.478 e. The number of imide groups is 1. The highest BCUT2D eigenvalue weighted by Crippen LogP contribution is 2.64. The zero-order chi connectivity index (χ0) is 21.5. The van der Waals surface area contributed by atoms with Crippen molar-refractivity contribution in [3.05, 3.63) is 101 Å². The Hall–Kier alpha value is -3.73. The molecule has 4 aliphatic rings. The first-order valence-corrected chi connectivity index (χ1v) is 10.3. The molecule has 1 heterocycles. The normalized spacial score (nSPS) is 27.6. The van der Waals surface area contributed by atoms with Crippen LogP contribution >= 0.6 is 0 Å². The lowest BCUT2D eigenvalue weighted by molar-refractivity contribution is -0.123. The number of anilines is 1. The van der Waals surface area contributed by atoms with Crippen molar-refractivity contribution in [2.24, 2.45) is 11.8 Å². The average Bonchev–Trinajstić information content (AvgIpc) is 3.06. The molecular formula is C26H19NO4. The molecular weight excluding hydrogens is 390 g/mol. The number of carboxylic acid groups (broad SMARTS) is 1. The van der Waals surface area contributed by atoms with Gasteiger partial charge in [-0.2, -0.15) is 0 Å². The van der Waals surface area contributed by atoms with Gasteiger partial charge in [0.25, 0.3) is 0 Å². The molecule has 0 saturated carbocycles. The summed E-state index contributed by atoms with van der Waals surface area (Å²) in [4.78, 5) is 40.2. The average molecular weight is 409 g/mol. The number of hydrogen-bond acceptors (Lipinski definition) is 3. The van der Waals surface area contributed by atoms with Gasteiger partial charge in [0, 0.05) is 11.3 Å². The molecule has 3 aliphatic carbocycles. The standard InChI is InChI=1S/C26H19NO4/c1-26-18-11-4-2-9-16(18)20(17-10-3-5-12-19(17)26)21-22(26)24(29)27(23(21)28)15-8-6-7-14(13-15)25(30)31/h2-13,20-22H,1H3,(H,30,31)/t20?,21-,22-,26?/m0/s1. The smallest absolute Gasteiger partial charge is 0.335 e. The summed E-state index contributed by atoms with van der Waals surface area (Å²) in [5.41, 5.74) is 4.15. The van der Waals surface area contributed by atoms with Crippen molar-refractivity contribution in [2.75, 3.05) is 4.90 Å². The van der Waals surface area contributed by atoms with E-state index in [1.807, 2.05) is 24.3 Å². The molecule has 5 heteroatoms. The predicted molar refractivity (Wildman–Crippen MR) is 114 cm³/mol. The zero-order valence-corrected chi connectivity index (χ0v) is 16.8. The van der Waals surface area contributed by atoms with Crippen molar-refractivity contribution in [2.45, 2.75) is 18.3 Å². The van der Waals surface area contributed by atoms with E-state index in [0.717, 1.165) is 22.3 Å². The zero-order valence-electron chi connectivity index (χ0n) is 16.8. The topological polar surface area (TPSA) is 74.7 Å². The van der Waals surface area contributed by atoms with Gasteiger partial charge >= 0.3 is 5.97 Å². The highest BCUT2D eigenvalue weighted by molar-refractivity contribution is 6.24. The third-order valence-corrected chi connectivity index (χ3v) is 7.39. The molecule has 0 spiro atoms. The fourth-order valence-electron chi connectivity index (χ4n) is 6.18. The Morgan fingerprint density at radius 2 is 1.48 bits per heavy atom. The van der Waals surface area contributed by atoms with Crippen molar-refractivity contribution in [1.82, 2.24) is 0 Å². The van der Waals surface area contributed by atoms with Crippen molar-refractivity contribution in [3.8, 4) is 0 Å². The van der Waals surface area contributed by atoms with Gasteiger partial charge in [0.1, 0.15) is 0 Å². The summed E-state index contributed by atoms with van der Waals surface area (Å²) in [5.74, 6) is -2.82. The molecule has 0 radical (unpaired) electrons. The number of amides is 2. The lowest BCUT2D eigenvalue weighted by Crippen LogP contribution is -2.51. The van der Waals surface area contributed by atoms with Crippen LogP contribution in [0.1, 0.15) is 45.5 Å². The molecule has 3 aromatic carbocycles. The van der Waals surface area contributed by atoms with Gasteiger partial charge in [-0.1, -0.05) is 61.5 Å². The van der Waals surface area contributed by atoms with Crippen LogP contribution in [0.15, 0.2) is 72.8 Å². The van der Waals surface area contributed by atoms with Gasteiger partial charge in [0.2, 0.25) is 11.8 Å². The van der Waals surface area contributed by atoms with Crippen LogP contribution in [0, 0.1) is 11.8 Å². The molecule has 5 nitrogen and oxygen atoms in total.